The number of carboxylic acid groups (broad SMARTS) is 4. The second kappa shape index (κ2) is 29.2. The molecule has 15 heavy (non-hydrogen) atoms. The Morgan fingerprint density at radius 1 is 1.00 bits per heavy atom. The fourth-order valence-corrected chi connectivity index (χ4v) is 0. The van der Waals surface area contributed by atoms with Crippen LogP contribution >= 0.6 is 0 Å². The van der Waals surface area contributed by atoms with Crippen molar-refractivity contribution in [2.24, 2.45) is 0 Å². The molecule has 0 aliphatic heterocycles. The molecule has 4 N–H and O–H groups in total. The molecule has 0 fully saturated rings. The van der Waals surface area contributed by atoms with Crippen LogP contribution in [0.3, 0.4) is 0 Å². The fourth-order valence-electron chi connectivity index (χ4n) is 0. The van der Waals surface area contributed by atoms with Gasteiger partial charge in [-0.05, 0) is 6.16 Å². The Bertz CT molecular complexity index is 119. The average molecular weight is 234 g/mol. The Labute approximate surface area is 98.6 Å². The minimum atomic E-state index is -2.33. The molecule has 0 rings (SSSR count). The predicted octanol–water partition coefficient (Wildman–Crippen LogP) is -9.11. The van der Waals surface area contributed by atoms with Crippen LogP contribution in [0.5, 0.6) is 0 Å². The molecule has 0 unspecified atom stereocenters. The summed E-state index contributed by atoms with van der Waals surface area (Å²) in [7, 11) is -0.444. The molecule has 0 bridgehead atoms. The van der Waals surface area contributed by atoms with E-state index in [2.05, 4.69) is 0 Å². The van der Waals surface area contributed by atoms with E-state index in [1.807, 2.05) is 0 Å². The Morgan fingerprint density at radius 3 is 1.00 bits per heavy atom. The van der Waals surface area contributed by atoms with E-state index in [-0.39, 0.29) is 18.9 Å². The summed E-state index contributed by atoms with van der Waals surface area (Å²) in [6, 6.07) is 0. The summed E-state index contributed by atoms with van der Waals surface area (Å²) in [6.07, 6.45) is -4.42. The Balaban J connectivity index is -0.0000000298. The van der Waals surface area contributed by atoms with Crippen LogP contribution in [-0.4, -0.2) is 49.9 Å². The minimum Gasteiger partial charge on any atom is -0.402 e. The molecule has 0 aromatic heterocycles. The van der Waals surface area contributed by atoms with Crippen LogP contribution in [0.2, 0.25) is 0 Å². The van der Waals surface area contributed by atoms with Crippen molar-refractivity contribution in [3.05, 3.63) is 0 Å². The number of hydrogen-bond acceptors (Lipinski definition) is 9. The molecule has 0 amide bonds. The Hall–Kier alpha value is -0.901. The van der Waals surface area contributed by atoms with Gasteiger partial charge in [-0.3, -0.25) is 0 Å². The van der Waals surface area contributed by atoms with Crippen molar-refractivity contribution in [2.75, 3.05) is 0 Å². The van der Waals surface area contributed by atoms with E-state index in [0.717, 1.165) is 0 Å². The average Bonchev–Trinajstić information content (AvgIpc) is 1.86. The molecule has 0 saturated carbocycles. The molecule has 0 atom stereocenters. The second-order valence-corrected chi connectivity index (χ2v) is 0.862. The van der Waals surface area contributed by atoms with Gasteiger partial charge in [-0.1, -0.05) is 0 Å². The third kappa shape index (κ3) is 1990. The molecule has 10 nitrogen and oxygen atoms in total. The monoisotopic (exact) mass is 234 g/mol. The van der Waals surface area contributed by atoms with Crippen LogP contribution in [0.25, 0.3) is 0 Å². The van der Waals surface area contributed by atoms with Gasteiger partial charge >= 0.3 is 40.8 Å². The van der Waals surface area contributed by atoms with E-state index in [1.165, 1.54) is 0 Å². The van der Waals surface area contributed by atoms with Crippen LogP contribution in [0.15, 0.2) is 0 Å². The van der Waals surface area contributed by atoms with Crippen LogP contribution in [-0.2, 0) is 4.46 Å². The summed E-state index contributed by atoms with van der Waals surface area (Å²) in [5.41, 5.74) is 0. The standard InChI is InChI=1S/2CH2O3.BH3O3.Li.OSi/c3*2-1(3)4;;1-2/h2*(H2,2,3,4);2-4H;;/q;;;+1;+2/p-3. The summed E-state index contributed by atoms with van der Waals surface area (Å²) < 4.78 is 8.06. The van der Waals surface area contributed by atoms with E-state index in [4.69, 9.17) is 49.5 Å². The largest absolute Gasteiger partial charge is 1.00 e. The maximum absolute atomic E-state index is 8.44. The van der Waals surface area contributed by atoms with Crippen molar-refractivity contribution in [1.29, 1.82) is 0 Å². The van der Waals surface area contributed by atoms with E-state index < -0.39 is 19.6 Å². The third-order valence-corrected chi connectivity index (χ3v) is 0. The summed E-state index contributed by atoms with van der Waals surface area (Å²) in [4.78, 5) is 16.8. The van der Waals surface area contributed by atoms with Crippen molar-refractivity contribution in [1.82, 2.24) is 0 Å². The van der Waals surface area contributed by atoms with Crippen LogP contribution in [0, 0.1) is 0 Å². The van der Waals surface area contributed by atoms with Crippen molar-refractivity contribution in [2.45, 2.75) is 0 Å². The smallest absolute Gasteiger partial charge is 0.402 e. The van der Waals surface area contributed by atoms with E-state index in [9.17, 15) is 0 Å². The second-order valence-electron chi connectivity index (χ2n) is 0.862. The molecule has 0 aromatic rings. The molecular formula is C2H4BLiO10Si. The van der Waals surface area contributed by atoms with Gasteiger partial charge in [-0.15, -0.1) is 0 Å². The molecular weight excluding hydrogens is 230 g/mol. The third-order valence-electron chi connectivity index (χ3n) is 0. The zero-order valence-corrected chi connectivity index (χ0v) is 8.32. The van der Waals surface area contributed by atoms with Gasteiger partial charge in [0.05, 0.1) is 0 Å². The van der Waals surface area contributed by atoms with Gasteiger partial charge in [0, 0.05) is 0 Å². The summed E-state index contributed by atoms with van der Waals surface area (Å²) in [6.45, 7) is 0. The zero-order chi connectivity index (χ0) is 12.7. The zero-order valence-electron chi connectivity index (χ0n) is 7.32. The first kappa shape index (κ1) is 29.2. The molecule has 13 heteroatoms. The fraction of sp³-hybridized carbons (Fsp3) is 0. The van der Waals surface area contributed by atoms with Gasteiger partial charge in [0.1, 0.15) is 0 Å². The maximum atomic E-state index is 8.44. The molecule has 0 aliphatic rings. The van der Waals surface area contributed by atoms with Crippen LogP contribution < -0.4 is 34.2 Å². The SMILES string of the molecule is O=C([O-])O.O=C([O-])[O-].O=[Si+2].OB(O)O.[Li+]. The number of carbonyl (C=O) groups excluding carboxylic acids is 1. The molecule has 0 radical (unpaired) electrons. The predicted molar refractivity (Wildman–Crippen MR) is 32.3 cm³/mol. The Morgan fingerprint density at radius 2 is 1.00 bits per heavy atom. The van der Waals surface area contributed by atoms with Crippen LogP contribution in [0.4, 0.5) is 9.59 Å². The van der Waals surface area contributed by atoms with Gasteiger partial charge in [-0.25, -0.2) is 0 Å². The van der Waals surface area contributed by atoms with Crippen molar-refractivity contribution < 1.29 is 68.4 Å². The first-order chi connectivity index (χ1) is 6.20. The normalized spacial score (nSPS) is 5.40. The molecule has 0 saturated heterocycles. The van der Waals surface area contributed by atoms with E-state index in [0.29, 0.717) is 0 Å². The molecule has 0 heterocycles. The molecule has 0 aromatic carbocycles. The van der Waals surface area contributed by atoms with Crippen molar-refractivity contribution >= 4 is 29.8 Å². The van der Waals surface area contributed by atoms with Gasteiger partial charge in [0.25, 0.3) is 0 Å². The summed E-state index contributed by atoms with van der Waals surface area (Å²) >= 11 is 0. The number of hydrogen-bond donors (Lipinski definition) is 4. The van der Waals surface area contributed by atoms with E-state index >= 15 is 0 Å². The molecule has 80 valence electrons. The first-order valence-corrected chi connectivity index (χ1v) is 2.63. The topological polar surface area (TPSA) is 201 Å². The first-order valence-electron chi connectivity index (χ1n) is 2.22. The molecule has 0 aliphatic carbocycles. The van der Waals surface area contributed by atoms with Crippen molar-refractivity contribution in [3.8, 4) is 0 Å². The number of carbonyl (C=O) groups is 2. The summed E-state index contributed by atoms with van der Waals surface area (Å²) in [5.74, 6) is 0. The van der Waals surface area contributed by atoms with Crippen LogP contribution in [0.1, 0.15) is 0 Å². The Kier molecular flexibility index (Phi) is 56.9. The minimum absolute atomic E-state index is 0. The quantitative estimate of drug-likeness (QED) is 0.291. The van der Waals surface area contributed by atoms with Gasteiger partial charge < -0.3 is 45.1 Å². The molecule has 0 spiro atoms. The summed E-state index contributed by atoms with van der Waals surface area (Å²) in [5, 5.41) is 53.5. The van der Waals surface area contributed by atoms with Gasteiger partial charge in [-0.2, -0.15) is 0 Å². The van der Waals surface area contributed by atoms with E-state index in [1.54, 1.807) is 10.1 Å². The maximum Gasteiger partial charge on any atom is 1.00 e. The van der Waals surface area contributed by atoms with Crippen molar-refractivity contribution in [3.63, 3.8) is 0 Å². The van der Waals surface area contributed by atoms with Gasteiger partial charge in [0.2, 0.25) is 6.16 Å². The van der Waals surface area contributed by atoms with Gasteiger partial charge in [0.15, 0.2) is 0 Å². The number of rotatable bonds is 0.